The fourth-order valence-corrected chi connectivity index (χ4v) is 14.5. The van der Waals surface area contributed by atoms with E-state index in [0.717, 1.165) is 77.1 Å². The van der Waals surface area contributed by atoms with Crippen molar-refractivity contribution in [3.8, 4) is 16.8 Å². The van der Waals surface area contributed by atoms with E-state index in [0.29, 0.717) is 0 Å². The van der Waals surface area contributed by atoms with Crippen LogP contribution in [0.15, 0.2) is 221 Å². The molecule has 9 aromatic carbocycles. The summed E-state index contributed by atoms with van der Waals surface area (Å²) < 4.78 is 15.7. The zero-order valence-electron chi connectivity index (χ0n) is 31.5. The van der Waals surface area contributed by atoms with Crippen LogP contribution in [0.4, 0.5) is 0 Å². The van der Waals surface area contributed by atoms with Gasteiger partial charge in [-0.1, -0.05) is 170 Å². The number of furan rings is 2. The third-order valence-electron chi connectivity index (χ3n) is 12.1. The zero-order chi connectivity index (χ0) is 38.2. The van der Waals surface area contributed by atoms with Crippen molar-refractivity contribution in [1.82, 2.24) is 4.57 Å². The van der Waals surface area contributed by atoms with Crippen LogP contribution < -0.4 is 20.7 Å². The Bertz CT molecular complexity index is 3480. The van der Waals surface area contributed by atoms with Gasteiger partial charge in [-0.2, -0.15) is 0 Å². The van der Waals surface area contributed by atoms with E-state index in [1.165, 1.54) is 26.1 Å². The first kappa shape index (κ1) is 32.8. The molecule has 0 saturated carbocycles. The van der Waals surface area contributed by atoms with E-state index in [-0.39, 0.29) is 0 Å². The van der Waals surface area contributed by atoms with Crippen LogP contribution in [-0.4, -0.2) is 12.6 Å². The van der Waals surface area contributed by atoms with Gasteiger partial charge in [0.05, 0.1) is 16.4 Å². The highest BCUT2D eigenvalue weighted by Gasteiger charge is 2.42. The zero-order valence-corrected chi connectivity index (χ0v) is 32.5. The van der Waals surface area contributed by atoms with Crippen LogP contribution in [0.3, 0.4) is 0 Å². The first-order chi connectivity index (χ1) is 28.8. The summed E-state index contributed by atoms with van der Waals surface area (Å²) in [5, 5.41) is 12.1. The lowest BCUT2D eigenvalue weighted by Gasteiger charge is -2.35. The molecule has 12 rings (SSSR count). The summed E-state index contributed by atoms with van der Waals surface area (Å²) in [6.07, 6.45) is 0. The van der Waals surface area contributed by atoms with Crippen molar-refractivity contribution in [2.45, 2.75) is 0 Å². The van der Waals surface area contributed by atoms with Crippen LogP contribution in [0, 0.1) is 0 Å². The number of fused-ring (bicyclic) bond motifs is 10. The molecule has 0 atom stereocenters. The molecule has 0 unspecified atom stereocenters. The third-order valence-corrected chi connectivity index (χ3v) is 16.9. The van der Waals surface area contributed by atoms with Gasteiger partial charge >= 0.3 is 0 Å². The Hall–Kier alpha value is -7.40. The Morgan fingerprint density at radius 2 is 0.879 bits per heavy atom. The van der Waals surface area contributed by atoms with Gasteiger partial charge in [0.2, 0.25) is 0 Å². The Labute approximate surface area is 335 Å². The monoisotopic (exact) mass is 757 g/mol. The molecule has 3 nitrogen and oxygen atoms in total. The van der Waals surface area contributed by atoms with Crippen LogP contribution in [0.1, 0.15) is 0 Å². The largest absolute Gasteiger partial charge is 0.455 e. The second kappa shape index (κ2) is 12.8. The predicted molar refractivity (Wildman–Crippen MR) is 244 cm³/mol. The molecule has 0 spiro atoms. The highest BCUT2D eigenvalue weighted by Crippen LogP contribution is 2.41. The minimum absolute atomic E-state index is 0.904. The maximum atomic E-state index is 6.65. The van der Waals surface area contributed by atoms with Gasteiger partial charge in [-0.15, -0.1) is 0 Å². The number of nitrogens with zero attached hydrogens (tertiary/aromatic N) is 1. The van der Waals surface area contributed by atoms with Crippen molar-refractivity contribution in [3.05, 3.63) is 212 Å². The topological polar surface area (TPSA) is 31.2 Å². The number of para-hydroxylation sites is 4. The van der Waals surface area contributed by atoms with Gasteiger partial charge in [0.15, 0.2) is 8.07 Å². The van der Waals surface area contributed by atoms with E-state index in [4.69, 9.17) is 8.83 Å². The van der Waals surface area contributed by atoms with E-state index in [2.05, 4.69) is 205 Å². The van der Waals surface area contributed by atoms with Crippen LogP contribution in [0.5, 0.6) is 0 Å². The molecule has 272 valence electrons. The van der Waals surface area contributed by atoms with Gasteiger partial charge in [0.25, 0.3) is 0 Å². The Morgan fingerprint density at radius 1 is 0.345 bits per heavy atom. The van der Waals surface area contributed by atoms with Gasteiger partial charge < -0.3 is 13.4 Å². The highest BCUT2D eigenvalue weighted by atomic mass is 28.3. The molecule has 0 aliphatic heterocycles. The summed E-state index contributed by atoms with van der Waals surface area (Å²) in [5.41, 5.74) is 9.27. The lowest BCUT2D eigenvalue weighted by Crippen LogP contribution is -2.74. The van der Waals surface area contributed by atoms with Crippen molar-refractivity contribution in [2.75, 3.05) is 0 Å². The highest BCUT2D eigenvalue weighted by molar-refractivity contribution is 7.20. The van der Waals surface area contributed by atoms with E-state index in [9.17, 15) is 0 Å². The normalized spacial score (nSPS) is 12.1. The van der Waals surface area contributed by atoms with Gasteiger partial charge in [-0.25, -0.2) is 0 Å². The number of aromatic nitrogens is 1. The van der Waals surface area contributed by atoms with Crippen molar-refractivity contribution in [3.63, 3.8) is 0 Å². The third kappa shape index (κ3) is 4.73. The minimum atomic E-state index is -2.97. The standard InChI is InChI=1S/C54H35NO2Si/c1-3-18-38(19-4-1)58(39-20-5-2-6-21-39,40-22-13-16-36(34-40)42-27-15-28-45-43-24-8-11-30-50(43)56-53(42)45)41-23-14-17-37(35-41)55-48-29-10-7-26-47(48)52-49(55)33-32-46-44-25-9-12-31-51(44)57-54(46)52/h1-35H. The summed E-state index contributed by atoms with van der Waals surface area (Å²) >= 11 is 0. The SMILES string of the molecule is c1ccc([Si](c2ccccc2)(c2cccc(-c3cccc4c3oc3ccccc34)c2)c2cccc(-n3c4ccccc4c4c5oc6ccccc6c5ccc43)c2)cc1. The van der Waals surface area contributed by atoms with Gasteiger partial charge in [0, 0.05) is 38.2 Å². The molecular weight excluding hydrogens is 723 g/mol. The molecule has 4 heteroatoms. The van der Waals surface area contributed by atoms with Crippen LogP contribution in [0.2, 0.25) is 0 Å². The number of hydrogen-bond donors (Lipinski definition) is 0. The molecule has 58 heavy (non-hydrogen) atoms. The first-order valence-corrected chi connectivity index (χ1v) is 21.8. The molecule has 0 radical (unpaired) electrons. The Kier molecular flexibility index (Phi) is 7.25. The molecule has 0 N–H and O–H groups in total. The number of hydrogen-bond acceptors (Lipinski definition) is 2. The van der Waals surface area contributed by atoms with E-state index in [1.807, 2.05) is 12.1 Å². The van der Waals surface area contributed by atoms with Gasteiger partial charge in [-0.3, -0.25) is 0 Å². The number of rotatable bonds is 6. The first-order valence-electron chi connectivity index (χ1n) is 19.8. The molecule has 0 saturated heterocycles. The molecule has 0 aliphatic rings. The van der Waals surface area contributed by atoms with Crippen LogP contribution in [0.25, 0.3) is 82.5 Å². The Balaban J connectivity index is 1.13. The predicted octanol–water partition coefficient (Wildman–Crippen LogP) is 11.6. The fourth-order valence-electron chi connectivity index (χ4n) is 9.66. The second-order valence-electron chi connectivity index (χ2n) is 15.2. The molecule has 0 amide bonds. The van der Waals surface area contributed by atoms with Crippen LogP contribution >= 0.6 is 0 Å². The summed E-state index contributed by atoms with van der Waals surface area (Å²) in [6.45, 7) is 0. The fraction of sp³-hybridized carbons (Fsp3) is 0. The van der Waals surface area contributed by atoms with E-state index >= 15 is 0 Å². The molecule has 0 bridgehead atoms. The summed E-state index contributed by atoms with van der Waals surface area (Å²) in [7, 11) is -2.97. The van der Waals surface area contributed by atoms with Gasteiger partial charge in [-0.05, 0) is 68.8 Å². The molecule has 0 fully saturated rings. The van der Waals surface area contributed by atoms with Crippen molar-refractivity contribution in [2.24, 2.45) is 0 Å². The van der Waals surface area contributed by atoms with Crippen molar-refractivity contribution < 1.29 is 8.83 Å². The molecule has 0 aliphatic carbocycles. The Morgan fingerprint density at radius 3 is 1.60 bits per heavy atom. The lowest BCUT2D eigenvalue weighted by atomic mass is 10.0. The van der Waals surface area contributed by atoms with Crippen LogP contribution in [-0.2, 0) is 0 Å². The lowest BCUT2D eigenvalue weighted by molar-refractivity contribution is 0.670. The average molecular weight is 758 g/mol. The maximum Gasteiger partial charge on any atom is 0.179 e. The average Bonchev–Trinajstić information content (AvgIpc) is 3.97. The van der Waals surface area contributed by atoms with E-state index < -0.39 is 8.07 Å². The molecular formula is C54H35NO2Si. The smallest absolute Gasteiger partial charge is 0.179 e. The molecule has 3 aromatic heterocycles. The maximum absolute atomic E-state index is 6.65. The second-order valence-corrected chi connectivity index (χ2v) is 19.0. The quantitative estimate of drug-likeness (QED) is 0.125. The summed E-state index contributed by atoms with van der Waals surface area (Å²) in [6, 6.07) is 77.3. The molecule has 3 heterocycles. The summed E-state index contributed by atoms with van der Waals surface area (Å²) in [4.78, 5) is 0. The minimum Gasteiger partial charge on any atom is -0.455 e. The molecule has 12 aromatic rings. The van der Waals surface area contributed by atoms with E-state index in [1.54, 1.807) is 0 Å². The van der Waals surface area contributed by atoms with Gasteiger partial charge in [0.1, 0.15) is 22.3 Å². The van der Waals surface area contributed by atoms with Crippen molar-refractivity contribution >= 4 is 94.5 Å². The summed E-state index contributed by atoms with van der Waals surface area (Å²) in [5.74, 6) is 0. The van der Waals surface area contributed by atoms with Crippen molar-refractivity contribution in [1.29, 1.82) is 0 Å². The number of benzene rings is 9.